The van der Waals surface area contributed by atoms with Crippen LogP contribution in [0, 0.1) is 0 Å². The monoisotopic (exact) mass is 590 g/mol. The minimum absolute atomic E-state index is 0.107. The molecule has 1 atom stereocenters. The van der Waals surface area contributed by atoms with Crippen LogP contribution in [-0.4, -0.2) is 13.4 Å². The van der Waals surface area contributed by atoms with E-state index in [0.29, 0.717) is 10.5 Å². The van der Waals surface area contributed by atoms with Gasteiger partial charge in [0.2, 0.25) is 9.84 Å². The Labute approximate surface area is 258 Å². The highest BCUT2D eigenvalue weighted by molar-refractivity contribution is 7.91. The molecule has 4 nitrogen and oxygen atoms in total. The first-order chi connectivity index (χ1) is 21.4. The molecule has 0 N–H and O–H groups in total. The zero-order valence-electron chi connectivity index (χ0n) is 24.5. The second-order valence-electron chi connectivity index (χ2n) is 12.0. The third-order valence-electron chi connectivity index (χ3n) is 9.39. The summed E-state index contributed by atoms with van der Waals surface area (Å²) in [4.78, 5) is 7.15. The molecule has 2 aliphatic heterocycles. The van der Waals surface area contributed by atoms with Crippen LogP contribution < -0.4 is 4.90 Å². The number of rotatable bonds is 3. The minimum Gasteiger partial charge on any atom is -0.310 e. The van der Waals surface area contributed by atoms with Gasteiger partial charge >= 0.3 is 0 Å². The third-order valence-corrected chi connectivity index (χ3v) is 11.2. The lowest BCUT2D eigenvalue weighted by molar-refractivity contribution is 0.570. The van der Waals surface area contributed by atoms with Gasteiger partial charge in [-0.1, -0.05) is 117 Å². The van der Waals surface area contributed by atoms with E-state index in [9.17, 15) is 8.42 Å². The van der Waals surface area contributed by atoms with Gasteiger partial charge < -0.3 is 4.90 Å². The van der Waals surface area contributed by atoms with Crippen LogP contribution in [0.25, 0.3) is 0 Å². The highest BCUT2D eigenvalue weighted by Gasteiger charge is 2.50. The van der Waals surface area contributed by atoms with E-state index in [1.807, 2.05) is 48.5 Å². The van der Waals surface area contributed by atoms with E-state index in [1.54, 1.807) is 18.3 Å². The van der Waals surface area contributed by atoms with Gasteiger partial charge in [0.25, 0.3) is 0 Å². The van der Waals surface area contributed by atoms with Crippen molar-refractivity contribution in [2.75, 3.05) is 4.90 Å². The summed E-state index contributed by atoms with van der Waals surface area (Å²) in [5, 5.41) is 0.107. The first-order valence-corrected chi connectivity index (χ1v) is 16.3. The predicted molar refractivity (Wildman–Crippen MR) is 175 cm³/mol. The van der Waals surface area contributed by atoms with E-state index < -0.39 is 15.3 Å². The van der Waals surface area contributed by atoms with Crippen LogP contribution in [0.1, 0.15) is 47.2 Å². The molecule has 6 aromatic rings. The van der Waals surface area contributed by atoms with Gasteiger partial charge in [-0.05, 0) is 64.2 Å². The molecule has 1 unspecified atom stereocenters. The van der Waals surface area contributed by atoms with Crippen molar-refractivity contribution in [1.29, 1.82) is 0 Å². The molecule has 0 saturated heterocycles. The van der Waals surface area contributed by atoms with Crippen molar-refractivity contribution in [2.45, 2.75) is 34.6 Å². The third kappa shape index (κ3) is 3.50. The lowest BCUT2D eigenvalue weighted by atomic mass is 9.63. The predicted octanol–water partition coefficient (Wildman–Crippen LogP) is 8.72. The molecule has 0 fully saturated rings. The Hall–Kier alpha value is -5.00. The smallest absolute Gasteiger partial charge is 0.224 e. The molecule has 5 aromatic carbocycles. The summed E-state index contributed by atoms with van der Waals surface area (Å²) < 4.78 is 28.1. The number of fused-ring (bicyclic) bond motifs is 4. The number of nitrogens with zero attached hydrogens (tertiary/aromatic N) is 2. The SMILES string of the molecule is CC1(C)c2ccccc2N(c2ccccc2)c2ccc(C3(c4ccccc4)c4ccccc4S(=O)(=O)c4ncccc43)cc21. The molecule has 0 radical (unpaired) electrons. The maximum atomic E-state index is 14.0. The number of hydrogen-bond donors (Lipinski definition) is 0. The molecule has 2 aliphatic rings. The van der Waals surface area contributed by atoms with Gasteiger partial charge in [0, 0.05) is 22.9 Å². The van der Waals surface area contributed by atoms with Crippen molar-refractivity contribution in [3.05, 3.63) is 179 Å². The summed E-state index contributed by atoms with van der Waals surface area (Å²) in [5.41, 5.74) is 7.91. The average molecular weight is 591 g/mol. The number of anilines is 3. The summed E-state index contributed by atoms with van der Waals surface area (Å²) in [6.45, 7) is 4.56. The molecule has 0 aliphatic carbocycles. The highest BCUT2D eigenvalue weighted by Crippen LogP contribution is 2.56. The molecular weight excluding hydrogens is 561 g/mol. The fourth-order valence-electron chi connectivity index (χ4n) is 7.42. The lowest BCUT2D eigenvalue weighted by Crippen LogP contribution is -2.39. The van der Waals surface area contributed by atoms with Crippen molar-refractivity contribution < 1.29 is 8.42 Å². The molecule has 0 amide bonds. The highest BCUT2D eigenvalue weighted by atomic mass is 32.2. The summed E-state index contributed by atoms with van der Waals surface area (Å²) in [5.74, 6) is 0. The van der Waals surface area contributed by atoms with Gasteiger partial charge in [-0.15, -0.1) is 0 Å². The van der Waals surface area contributed by atoms with Gasteiger partial charge in [-0.3, -0.25) is 0 Å². The summed E-state index contributed by atoms with van der Waals surface area (Å²) in [7, 11) is -3.83. The molecule has 44 heavy (non-hydrogen) atoms. The van der Waals surface area contributed by atoms with E-state index in [1.165, 1.54) is 11.1 Å². The van der Waals surface area contributed by atoms with Crippen molar-refractivity contribution >= 4 is 26.9 Å². The Kier molecular flexibility index (Phi) is 5.75. The molecule has 0 bridgehead atoms. The fourth-order valence-corrected chi connectivity index (χ4v) is 9.11. The maximum Gasteiger partial charge on any atom is 0.224 e. The van der Waals surface area contributed by atoms with Gasteiger partial charge in [0.1, 0.15) is 0 Å². The number of sulfone groups is 1. The molecule has 1 aromatic heterocycles. The van der Waals surface area contributed by atoms with Crippen LogP contribution in [0.2, 0.25) is 0 Å². The number of aromatic nitrogens is 1. The van der Waals surface area contributed by atoms with Crippen molar-refractivity contribution in [3.8, 4) is 0 Å². The van der Waals surface area contributed by atoms with Crippen molar-refractivity contribution in [1.82, 2.24) is 4.98 Å². The molecule has 0 spiro atoms. The van der Waals surface area contributed by atoms with Crippen LogP contribution >= 0.6 is 0 Å². The zero-order chi connectivity index (χ0) is 30.1. The van der Waals surface area contributed by atoms with Crippen LogP contribution in [0.4, 0.5) is 17.1 Å². The quantitative estimate of drug-likeness (QED) is 0.207. The van der Waals surface area contributed by atoms with Gasteiger partial charge in [0.05, 0.1) is 21.7 Å². The first kappa shape index (κ1) is 26.6. The number of benzene rings is 5. The number of para-hydroxylation sites is 2. The second-order valence-corrected chi connectivity index (χ2v) is 13.9. The number of pyridine rings is 1. The number of hydrogen-bond acceptors (Lipinski definition) is 4. The maximum absolute atomic E-state index is 14.0. The van der Waals surface area contributed by atoms with Crippen LogP contribution in [0.3, 0.4) is 0 Å². The summed E-state index contributed by atoms with van der Waals surface area (Å²) >= 11 is 0. The Balaban J connectivity index is 1.50. The average Bonchev–Trinajstić information content (AvgIpc) is 3.07. The van der Waals surface area contributed by atoms with Gasteiger partial charge in [-0.25, -0.2) is 13.4 Å². The van der Waals surface area contributed by atoms with E-state index in [2.05, 4.69) is 103 Å². The lowest BCUT2D eigenvalue weighted by Gasteiger charge is -2.45. The van der Waals surface area contributed by atoms with E-state index >= 15 is 0 Å². The van der Waals surface area contributed by atoms with Crippen LogP contribution in [0.15, 0.2) is 156 Å². The zero-order valence-corrected chi connectivity index (χ0v) is 25.3. The topological polar surface area (TPSA) is 50.3 Å². The largest absolute Gasteiger partial charge is 0.310 e. The van der Waals surface area contributed by atoms with Crippen LogP contribution in [-0.2, 0) is 20.7 Å². The van der Waals surface area contributed by atoms with E-state index in [4.69, 9.17) is 0 Å². The first-order valence-electron chi connectivity index (χ1n) is 14.8. The Bertz CT molecular complexity index is 2120. The standard InChI is InChI=1S/C39H30N2O2S/c1-38(2)30-18-9-11-21-34(30)41(29-16-7-4-8-17-29)35-24-23-28(26-33(35)38)39(27-14-5-3-6-15-27)31-19-10-12-22-36(31)44(42,43)37-32(39)20-13-25-40-37/h3-26H,1-2H3. The Morgan fingerprint density at radius 3 is 1.95 bits per heavy atom. The summed E-state index contributed by atoms with van der Waals surface area (Å²) in [6, 6.07) is 47.2. The second kappa shape index (κ2) is 9.50. The Morgan fingerprint density at radius 1 is 0.568 bits per heavy atom. The molecule has 8 rings (SSSR count). The van der Waals surface area contributed by atoms with Crippen LogP contribution in [0.5, 0.6) is 0 Å². The molecule has 5 heteroatoms. The normalized spacial score (nSPS) is 18.8. The van der Waals surface area contributed by atoms with Crippen molar-refractivity contribution in [2.24, 2.45) is 0 Å². The Morgan fingerprint density at radius 2 is 1.18 bits per heavy atom. The minimum atomic E-state index is -3.83. The van der Waals surface area contributed by atoms with E-state index in [0.717, 1.165) is 33.8 Å². The molecular formula is C39H30N2O2S. The molecule has 0 saturated carbocycles. The van der Waals surface area contributed by atoms with E-state index in [-0.39, 0.29) is 10.4 Å². The van der Waals surface area contributed by atoms with Gasteiger partial charge in [0.15, 0.2) is 5.03 Å². The summed E-state index contributed by atoms with van der Waals surface area (Å²) in [6.07, 6.45) is 1.57. The fraction of sp³-hybridized carbons (Fsp3) is 0.103. The molecule has 3 heterocycles. The van der Waals surface area contributed by atoms with Crippen molar-refractivity contribution in [3.63, 3.8) is 0 Å². The van der Waals surface area contributed by atoms with Gasteiger partial charge in [-0.2, -0.15) is 0 Å². The molecule has 214 valence electrons.